The zero-order valence-electron chi connectivity index (χ0n) is 8.36. The Bertz CT molecular complexity index is 318. The van der Waals surface area contributed by atoms with Crippen molar-refractivity contribution in [1.82, 2.24) is 4.72 Å². The second-order valence-electron chi connectivity index (χ2n) is 4.00. The summed E-state index contributed by atoms with van der Waals surface area (Å²) in [5.74, 6) is 0.149. The summed E-state index contributed by atoms with van der Waals surface area (Å²) in [7, 11) is -3.37. The van der Waals surface area contributed by atoms with E-state index in [1.807, 2.05) is 0 Å². The van der Waals surface area contributed by atoms with E-state index in [9.17, 15) is 8.42 Å². The maximum absolute atomic E-state index is 11.3. The first-order valence-electron chi connectivity index (χ1n) is 4.90. The molecule has 0 radical (unpaired) electrons. The van der Waals surface area contributed by atoms with E-state index in [1.165, 1.54) is 6.42 Å². The number of sulfonamides is 1. The van der Waals surface area contributed by atoms with Gasteiger partial charge in [-0.25, -0.2) is 13.1 Å². The summed E-state index contributed by atoms with van der Waals surface area (Å²) in [6.45, 7) is 2.13. The number of nitrogens with one attached hydrogen (secondary N) is 1. The lowest BCUT2D eigenvalue weighted by Crippen LogP contribution is -2.38. The molecule has 4 nitrogen and oxygen atoms in total. The van der Waals surface area contributed by atoms with Gasteiger partial charge in [-0.15, -0.1) is 0 Å². The lowest BCUT2D eigenvalue weighted by Gasteiger charge is -2.26. The fourth-order valence-electron chi connectivity index (χ4n) is 1.92. The number of nitrogens with zero attached hydrogens (tertiary/aromatic N) is 1. The van der Waals surface area contributed by atoms with Gasteiger partial charge in [-0.05, 0) is 18.8 Å². The third kappa shape index (κ3) is 3.64. The van der Waals surface area contributed by atoms with Gasteiger partial charge >= 0.3 is 0 Å². The van der Waals surface area contributed by atoms with Crippen molar-refractivity contribution >= 4 is 10.0 Å². The van der Waals surface area contributed by atoms with E-state index in [2.05, 4.69) is 11.6 Å². The van der Waals surface area contributed by atoms with Crippen molar-refractivity contribution in [2.24, 2.45) is 5.92 Å². The van der Waals surface area contributed by atoms with Crippen LogP contribution >= 0.6 is 0 Å². The molecule has 0 heterocycles. The maximum Gasteiger partial charge on any atom is 0.225 e. The summed E-state index contributed by atoms with van der Waals surface area (Å²) in [6.07, 6.45) is 4.04. The van der Waals surface area contributed by atoms with Crippen LogP contribution in [0.4, 0.5) is 0 Å². The SMILES string of the molecule is CC1CCCC(NS(=O)(=O)CC#N)C1. The Morgan fingerprint density at radius 3 is 2.79 bits per heavy atom. The monoisotopic (exact) mass is 216 g/mol. The Hall–Kier alpha value is -0.600. The zero-order chi connectivity index (χ0) is 10.6. The van der Waals surface area contributed by atoms with Crippen molar-refractivity contribution in [3.63, 3.8) is 0 Å². The summed E-state index contributed by atoms with van der Waals surface area (Å²) < 4.78 is 25.1. The van der Waals surface area contributed by atoms with Crippen molar-refractivity contribution in [2.75, 3.05) is 5.75 Å². The Morgan fingerprint density at radius 2 is 2.21 bits per heavy atom. The molecule has 0 aromatic carbocycles. The van der Waals surface area contributed by atoms with Gasteiger partial charge in [-0.3, -0.25) is 0 Å². The molecule has 0 aliphatic heterocycles. The first kappa shape index (κ1) is 11.5. The molecule has 0 saturated heterocycles. The first-order chi connectivity index (χ1) is 6.53. The van der Waals surface area contributed by atoms with Crippen LogP contribution in [0.3, 0.4) is 0 Å². The molecular formula is C9H16N2O2S. The van der Waals surface area contributed by atoms with Crippen LogP contribution in [0.25, 0.3) is 0 Å². The molecule has 0 aromatic rings. The van der Waals surface area contributed by atoms with Gasteiger partial charge in [-0.2, -0.15) is 5.26 Å². The van der Waals surface area contributed by atoms with Crippen molar-refractivity contribution in [3.05, 3.63) is 0 Å². The molecule has 80 valence electrons. The number of rotatable bonds is 3. The van der Waals surface area contributed by atoms with Gasteiger partial charge in [0, 0.05) is 6.04 Å². The zero-order valence-corrected chi connectivity index (χ0v) is 9.18. The second kappa shape index (κ2) is 4.76. The van der Waals surface area contributed by atoms with E-state index >= 15 is 0 Å². The molecule has 0 bridgehead atoms. The minimum Gasteiger partial charge on any atom is -0.211 e. The molecule has 2 atom stereocenters. The highest BCUT2D eigenvalue weighted by Gasteiger charge is 2.22. The van der Waals surface area contributed by atoms with Gasteiger partial charge in [0.15, 0.2) is 5.75 Å². The Labute approximate surface area is 85.4 Å². The smallest absolute Gasteiger partial charge is 0.211 e. The van der Waals surface area contributed by atoms with E-state index in [0.717, 1.165) is 19.3 Å². The van der Waals surface area contributed by atoms with Crippen molar-refractivity contribution < 1.29 is 8.42 Å². The van der Waals surface area contributed by atoms with Crippen LogP contribution in [0.5, 0.6) is 0 Å². The molecule has 5 heteroatoms. The predicted octanol–water partition coefficient (Wildman–Crippen LogP) is 1.01. The van der Waals surface area contributed by atoms with E-state index in [0.29, 0.717) is 5.92 Å². The average Bonchev–Trinajstić information content (AvgIpc) is 2.02. The van der Waals surface area contributed by atoms with E-state index in [1.54, 1.807) is 6.07 Å². The highest BCUT2D eigenvalue weighted by molar-refractivity contribution is 7.89. The number of hydrogen-bond donors (Lipinski definition) is 1. The van der Waals surface area contributed by atoms with Gasteiger partial charge in [0.25, 0.3) is 0 Å². The number of hydrogen-bond acceptors (Lipinski definition) is 3. The molecule has 1 saturated carbocycles. The molecule has 0 spiro atoms. The minimum absolute atomic E-state index is 0.0390. The number of nitriles is 1. The van der Waals surface area contributed by atoms with E-state index < -0.39 is 15.8 Å². The second-order valence-corrected chi connectivity index (χ2v) is 5.76. The Kier molecular flexibility index (Phi) is 3.90. The normalized spacial score (nSPS) is 28.3. The van der Waals surface area contributed by atoms with Gasteiger partial charge in [-0.1, -0.05) is 19.8 Å². The quantitative estimate of drug-likeness (QED) is 0.765. The van der Waals surface area contributed by atoms with Crippen LogP contribution in [0, 0.1) is 17.2 Å². The summed E-state index contributed by atoms with van der Waals surface area (Å²) in [5, 5.41) is 8.31. The molecule has 1 aliphatic rings. The molecule has 0 aromatic heterocycles. The van der Waals surface area contributed by atoms with Crippen LogP contribution in [0.1, 0.15) is 32.6 Å². The molecule has 1 N–H and O–H groups in total. The highest BCUT2D eigenvalue weighted by Crippen LogP contribution is 2.23. The van der Waals surface area contributed by atoms with E-state index in [4.69, 9.17) is 5.26 Å². The standard InChI is InChI=1S/C9H16N2O2S/c1-8-3-2-4-9(7-8)11-14(12,13)6-5-10/h8-9,11H,2-4,6-7H2,1H3. The summed E-state index contributed by atoms with van der Waals surface area (Å²) in [4.78, 5) is 0. The Balaban J connectivity index is 2.48. The van der Waals surface area contributed by atoms with E-state index in [-0.39, 0.29) is 6.04 Å². The molecule has 1 rings (SSSR count). The highest BCUT2D eigenvalue weighted by atomic mass is 32.2. The summed E-state index contributed by atoms with van der Waals surface area (Å²) in [6, 6.07) is 1.70. The summed E-state index contributed by atoms with van der Waals surface area (Å²) in [5.41, 5.74) is 0. The first-order valence-corrected chi connectivity index (χ1v) is 6.55. The van der Waals surface area contributed by atoms with Crippen molar-refractivity contribution in [3.8, 4) is 6.07 Å². The van der Waals surface area contributed by atoms with Crippen molar-refractivity contribution in [1.29, 1.82) is 5.26 Å². The Morgan fingerprint density at radius 1 is 1.50 bits per heavy atom. The largest absolute Gasteiger partial charge is 0.225 e. The van der Waals surface area contributed by atoms with Crippen LogP contribution in [-0.2, 0) is 10.0 Å². The minimum atomic E-state index is -3.37. The van der Waals surface area contributed by atoms with Crippen LogP contribution in [0.2, 0.25) is 0 Å². The molecule has 2 unspecified atom stereocenters. The van der Waals surface area contributed by atoms with Crippen molar-refractivity contribution in [2.45, 2.75) is 38.6 Å². The maximum atomic E-state index is 11.3. The van der Waals surface area contributed by atoms with Gasteiger partial charge in [0.1, 0.15) is 0 Å². The summed E-state index contributed by atoms with van der Waals surface area (Å²) >= 11 is 0. The molecule has 1 fully saturated rings. The lowest BCUT2D eigenvalue weighted by molar-refractivity contribution is 0.327. The molecule has 1 aliphatic carbocycles. The molecule has 0 amide bonds. The average molecular weight is 216 g/mol. The van der Waals surface area contributed by atoms with Gasteiger partial charge < -0.3 is 0 Å². The van der Waals surface area contributed by atoms with Crippen LogP contribution < -0.4 is 4.72 Å². The van der Waals surface area contributed by atoms with Gasteiger partial charge in [0.2, 0.25) is 10.0 Å². The van der Waals surface area contributed by atoms with Gasteiger partial charge in [0.05, 0.1) is 6.07 Å². The molecular weight excluding hydrogens is 200 g/mol. The van der Waals surface area contributed by atoms with Crippen LogP contribution in [-0.4, -0.2) is 20.2 Å². The van der Waals surface area contributed by atoms with Crippen LogP contribution in [0.15, 0.2) is 0 Å². The lowest BCUT2D eigenvalue weighted by atomic mass is 9.88. The third-order valence-electron chi connectivity index (χ3n) is 2.54. The fourth-order valence-corrected chi connectivity index (χ4v) is 2.90. The third-order valence-corrected chi connectivity index (χ3v) is 3.74. The predicted molar refractivity (Wildman–Crippen MR) is 54.0 cm³/mol. The molecule has 14 heavy (non-hydrogen) atoms. The fraction of sp³-hybridized carbons (Fsp3) is 0.889. The topological polar surface area (TPSA) is 70.0 Å².